The molecule has 84 valence electrons. The number of halogens is 1. The molecule has 0 aromatic carbocycles. The maximum atomic E-state index is 5.61. The molecular formula is C9H13ClN2O3. The van der Waals surface area contributed by atoms with Crippen molar-refractivity contribution in [2.24, 2.45) is 0 Å². The van der Waals surface area contributed by atoms with Gasteiger partial charge in [0.25, 0.3) is 0 Å². The highest BCUT2D eigenvalue weighted by molar-refractivity contribution is 6.16. The van der Waals surface area contributed by atoms with E-state index < -0.39 is 5.60 Å². The van der Waals surface area contributed by atoms with Gasteiger partial charge in [-0.1, -0.05) is 5.16 Å². The van der Waals surface area contributed by atoms with Crippen LogP contribution in [0.5, 0.6) is 0 Å². The number of hydrogen-bond acceptors (Lipinski definition) is 5. The first-order valence-corrected chi connectivity index (χ1v) is 5.36. The molecule has 0 aliphatic carbocycles. The standard InChI is InChI=1S/C9H13ClN2O3/c1-13-9(2-4-14-5-3-9)8-11-7(6-10)15-12-8/h2-6H2,1H3. The van der Waals surface area contributed by atoms with Gasteiger partial charge in [-0.15, -0.1) is 11.6 Å². The third-order valence-corrected chi connectivity index (χ3v) is 2.91. The molecule has 2 heterocycles. The molecule has 0 saturated carbocycles. The quantitative estimate of drug-likeness (QED) is 0.739. The van der Waals surface area contributed by atoms with Crippen LogP contribution in [0.25, 0.3) is 0 Å². The first-order chi connectivity index (χ1) is 7.30. The van der Waals surface area contributed by atoms with Crippen molar-refractivity contribution in [2.45, 2.75) is 24.3 Å². The maximum absolute atomic E-state index is 5.61. The van der Waals surface area contributed by atoms with Gasteiger partial charge in [-0.25, -0.2) is 0 Å². The van der Waals surface area contributed by atoms with Crippen molar-refractivity contribution in [2.75, 3.05) is 20.3 Å². The van der Waals surface area contributed by atoms with E-state index in [0.717, 1.165) is 12.8 Å². The topological polar surface area (TPSA) is 57.4 Å². The summed E-state index contributed by atoms with van der Waals surface area (Å²) < 4.78 is 15.8. The van der Waals surface area contributed by atoms with E-state index in [-0.39, 0.29) is 5.88 Å². The van der Waals surface area contributed by atoms with Crippen molar-refractivity contribution in [1.82, 2.24) is 10.1 Å². The summed E-state index contributed by atoms with van der Waals surface area (Å²) in [6.45, 7) is 1.30. The zero-order chi connectivity index (χ0) is 10.7. The summed E-state index contributed by atoms with van der Waals surface area (Å²) in [6, 6.07) is 0. The number of hydrogen-bond donors (Lipinski definition) is 0. The summed E-state index contributed by atoms with van der Waals surface area (Å²) in [5.74, 6) is 1.22. The largest absolute Gasteiger partial charge is 0.381 e. The average Bonchev–Trinajstić information content (AvgIpc) is 2.79. The van der Waals surface area contributed by atoms with Crippen LogP contribution in [-0.2, 0) is 21.0 Å². The second-order valence-electron chi connectivity index (χ2n) is 3.46. The highest BCUT2D eigenvalue weighted by Crippen LogP contribution is 2.33. The molecule has 0 unspecified atom stereocenters. The molecule has 1 saturated heterocycles. The molecule has 15 heavy (non-hydrogen) atoms. The zero-order valence-corrected chi connectivity index (χ0v) is 9.29. The van der Waals surface area contributed by atoms with E-state index in [4.69, 9.17) is 25.6 Å². The van der Waals surface area contributed by atoms with Gasteiger partial charge in [-0.2, -0.15) is 4.98 Å². The van der Waals surface area contributed by atoms with Gasteiger partial charge in [-0.3, -0.25) is 0 Å². The Bertz CT molecular complexity index is 323. The number of ether oxygens (including phenoxy) is 2. The Morgan fingerprint density at radius 3 is 2.73 bits per heavy atom. The predicted molar refractivity (Wildman–Crippen MR) is 52.6 cm³/mol. The highest BCUT2D eigenvalue weighted by atomic mass is 35.5. The SMILES string of the molecule is COC1(c2noc(CCl)n2)CCOCC1. The van der Waals surface area contributed by atoms with Gasteiger partial charge in [0, 0.05) is 33.2 Å². The van der Waals surface area contributed by atoms with Crippen LogP contribution in [0.4, 0.5) is 0 Å². The van der Waals surface area contributed by atoms with E-state index in [1.807, 2.05) is 0 Å². The average molecular weight is 233 g/mol. The monoisotopic (exact) mass is 232 g/mol. The second-order valence-corrected chi connectivity index (χ2v) is 3.72. The van der Waals surface area contributed by atoms with E-state index in [1.165, 1.54) is 0 Å². The Kier molecular flexibility index (Phi) is 3.23. The summed E-state index contributed by atoms with van der Waals surface area (Å²) in [6.07, 6.45) is 1.48. The van der Waals surface area contributed by atoms with Gasteiger partial charge in [0.2, 0.25) is 11.7 Å². The summed E-state index contributed by atoms with van der Waals surface area (Å²) in [4.78, 5) is 4.21. The third kappa shape index (κ3) is 2.00. The fourth-order valence-corrected chi connectivity index (χ4v) is 1.82. The molecule has 6 heteroatoms. The van der Waals surface area contributed by atoms with Gasteiger partial charge in [0.05, 0.1) is 0 Å². The first-order valence-electron chi connectivity index (χ1n) is 4.83. The van der Waals surface area contributed by atoms with E-state index in [0.29, 0.717) is 24.9 Å². The van der Waals surface area contributed by atoms with Crippen LogP contribution in [0, 0.1) is 0 Å². The van der Waals surface area contributed by atoms with Crippen molar-refractivity contribution in [3.05, 3.63) is 11.7 Å². The Morgan fingerprint density at radius 1 is 1.47 bits per heavy atom. The predicted octanol–water partition coefficient (Wildman–Crippen LogP) is 1.46. The molecule has 1 aliphatic rings. The second kappa shape index (κ2) is 4.47. The molecule has 0 bridgehead atoms. The molecule has 5 nitrogen and oxygen atoms in total. The summed E-state index contributed by atoms with van der Waals surface area (Å²) in [5, 5.41) is 3.90. The highest BCUT2D eigenvalue weighted by Gasteiger charge is 2.39. The van der Waals surface area contributed by atoms with Gasteiger partial charge in [0.1, 0.15) is 11.5 Å². The maximum Gasteiger partial charge on any atom is 0.241 e. The van der Waals surface area contributed by atoms with Gasteiger partial charge < -0.3 is 14.0 Å². The number of rotatable bonds is 3. The molecule has 1 aliphatic heterocycles. The minimum Gasteiger partial charge on any atom is -0.381 e. The molecular weight excluding hydrogens is 220 g/mol. The first kappa shape index (κ1) is 10.9. The van der Waals surface area contributed by atoms with E-state index >= 15 is 0 Å². The lowest BCUT2D eigenvalue weighted by molar-refractivity contribution is -0.101. The number of nitrogens with zero attached hydrogens (tertiary/aromatic N) is 2. The van der Waals surface area contributed by atoms with Crippen molar-refractivity contribution < 1.29 is 14.0 Å². The van der Waals surface area contributed by atoms with Crippen LogP contribution in [0.2, 0.25) is 0 Å². The van der Waals surface area contributed by atoms with Crippen LogP contribution in [0.15, 0.2) is 4.52 Å². The van der Waals surface area contributed by atoms with Crippen molar-refractivity contribution in [3.8, 4) is 0 Å². The van der Waals surface area contributed by atoms with Gasteiger partial charge in [0.15, 0.2) is 0 Å². The summed E-state index contributed by atoms with van der Waals surface area (Å²) in [7, 11) is 1.65. The Morgan fingerprint density at radius 2 is 2.20 bits per heavy atom. The van der Waals surface area contributed by atoms with Crippen LogP contribution < -0.4 is 0 Å². The molecule has 1 aromatic rings. The minimum atomic E-state index is -0.466. The lowest BCUT2D eigenvalue weighted by Gasteiger charge is -2.32. The van der Waals surface area contributed by atoms with Crippen LogP contribution in [-0.4, -0.2) is 30.5 Å². The molecule has 0 spiro atoms. The molecule has 1 fully saturated rings. The van der Waals surface area contributed by atoms with Crippen molar-refractivity contribution in [1.29, 1.82) is 0 Å². The summed E-state index contributed by atoms with van der Waals surface area (Å²) in [5.41, 5.74) is -0.466. The molecule has 0 atom stereocenters. The molecule has 0 radical (unpaired) electrons. The Labute approximate surface area is 92.7 Å². The number of alkyl halides is 1. The van der Waals surface area contributed by atoms with Gasteiger partial charge in [-0.05, 0) is 0 Å². The van der Waals surface area contributed by atoms with Crippen molar-refractivity contribution >= 4 is 11.6 Å². The van der Waals surface area contributed by atoms with Crippen LogP contribution >= 0.6 is 11.6 Å². The van der Waals surface area contributed by atoms with Crippen LogP contribution in [0.3, 0.4) is 0 Å². The van der Waals surface area contributed by atoms with Gasteiger partial charge >= 0.3 is 0 Å². The molecule has 2 rings (SSSR count). The molecule has 0 amide bonds. The fraction of sp³-hybridized carbons (Fsp3) is 0.778. The number of methoxy groups -OCH3 is 1. The fourth-order valence-electron chi connectivity index (χ4n) is 1.71. The van der Waals surface area contributed by atoms with E-state index in [2.05, 4.69) is 10.1 Å². The van der Waals surface area contributed by atoms with E-state index in [9.17, 15) is 0 Å². The number of aromatic nitrogens is 2. The molecule has 1 aromatic heterocycles. The lowest BCUT2D eigenvalue weighted by Crippen LogP contribution is -2.36. The summed E-state index contributed by atoms with van der Waals surface area (Å²) >= 11 is 5.61. The minimum absolute atomic E-state index is 0.225. The molecule has 0 N–H and O–H groups in total. The van der Waals surface area contributed by atoms with Crippen molar-refractivity contribution in [3.63, 3.8) is 0 Å². The normalized spacial score (nSPS) is 20.4. The van der Waals surface area contributed by atoms with E-state index in [1.54, 1.807) is 7.11 Å². The Hall–Kier alpha value is -0.650. The smallest absolute Gasteiger partial charge is 0.241 e. The zero-order valence-electron chi connectivity index (χ0n) is 8.53. The third-order valence-electron chi connectivity index (χ3n) is 2.68. The lowest BCUT2D eigenvalue weighted by atomic mass is 9.93. The van der Waals surface area contributed by atoms with Crippen LogP contribution in [0.1, 0.15) is 24.6 Å². The Balaban J connectivity index is 2.24.